The molecule has 1 heterocycles. The number of nitrogens with zero attached hydrogens (tertiary/aromatic N) is 2. The number of hydrogen-bond donors (Lipinski definition) is 1. The predicted molar refractivity (Wildman–Crippen MR) is 103 cm³/mol. The quantitative estimate of drug-likeness (QED) is 0.285. The lowest BCUT2D eigenvalue weighted by molar-refractivity contribution is -0.384. The van der Waals surface area contributed by atoms with Gasteiger partial charge >= 0.3 is 5.97 Å². The van der Waals surface area contributed by atoms with Gasteiger partial charge in [-0.2, -0.15) is 0 Å². The van der Waals surface area contributed by atoms with Crippen LogP contribution in [0.2, 0.25) is 0 Å². The number of ether oxygens (including phenoxy) is 1. The molecule has 0 unspecified atom stereocenters. The van der Waals surface area contributed by atoms with Gasteiger partial charge in [-0.3, -0.25) is 10.1 Å². The largest absolute Gasteiger partial charge is 0.461 e. The number of non-ortho nitro benzene ring substituents is 1. The fourth-order valence-corrected chi connectivity index (χ4v) is 3.01. The smallest absolute Gasteiger partial charge is 0.354 e. The van der Waals surface area contributed by atoms with Crippen molar-refractivity contribution in [1.29, 1.82) is 0 Å². The van der Waals surface area contributed by atoms with Gasteiger partial charge in [-0.25, -0.2) is 4.79 Å². The number of esters is 1. The van der Waals surface area contributed by atoms with Crippen LogP contribution in [-0.2, 0) is 17.8 Å². The second kappa shape index (κ2) is 8.46. The number of aromatic nitrogens is 1. The van der Waals surface area contributed by atoms with E-state index in [1.807, 2.05) is 34.9 Å². The van der Waals surface area contributed by atoms with E-state index in [1.54, 1.807) is 19.1 Å². The van der Waals surface area contributed by atoms with E-state index in [0.29, 0.717) is 24.2 Å². The first-order chi connectivity index (χ1) is 13.1. The SMILES string of the molecule is CCOC(=O)c1cc2cc([N+](=O)[O-])ccc2n1CCNCc1ccccc1. The van der Waals surface area contributed by atoms with Crippen molar-refractivity contribution in [2.45, 2.75) is 20.0 Å². The maximum Gasteiger partial charge on any atom is 0.354 e. The third-order valence-electron chi connectivity index (χ3n) is 4.26. The monoisotopic (exact) mass is 367 g/mol. The average molecular weight is 367 g/mol. The molecule has 7 nitrogen and oxygen atoms in total. The Morgan fingerprint density at radius 3 is 2.67 bits per heavy atom. The summed E-state index contributed by atoms with van der Waals surface area (Å²) in [5, 5.41) is 15.0. The molecule has 7 heteroatoms. The van der Waals surface area contributed by atoms with Crippen LogP contribution in [0.4, 0.5) is 5.69 Å². The molecule has 0 aliphatic rings. The van der Waals surface area contributed by atoms with Crippen LogP contribution >= 0.6 is 0 Å². The van der Waals surface area contributed by atoms with Crippen molar-refractivity contribution in [3.8, 4) is 0 Å². The molecule has 3 rings (SSSR count). The zero-order valence-electron chi connectivity index (χ0n) is 15.1. The van der Waals surface area contributed by atoms with Gasteiger partial charge in [0.25, 0.3) is 5.69 Å². The van der Waals surface area contributed by atoms with Gasteiger partial charge in [0, 0.05) is 42.7 Å². The minimum atomic E-state index is -0.442. The Kier molecular flexibility index (Phi) is 5.83. The highest BCUT2D eigenvalue weighted by molar-refractivity contribution is 5.96. The summed E-state index contributed by atoms with van der Waals surface area (Å²) in [5.41, 5.74) is 2.34. The van der Waals surface area contributed by atoms with Crippen molar-refractivity contribution in [2.75, 3.05) is 13.2 Å². The van der Waals surface area contributed by atoms with Crippen molar-refractivity contribution in [2.24, 2.45) is 0 Å². The summed E-state index contributed by atoms with van der Waals surface area (Å²) < 4.78 is 6.98. The van der Waals surface area contributed by atoms with Crippen molar-refractivity contribution in [1.82, 2.24) is 9.88 Å². The Bertz CT molecular complexity index is 951. The molecule has 1 N–H and O–H groups in total. The Morgan fingerprint density at radius 1 is 1.19 bits per heavy atom. The summed E-state index contributed by atoms with van der Waals surface area (Å²) in [6, 6.07) is 16.3. The first kappa shape index (κ1) is 18.6. The molecule has 27 heavy (non-hydrogen) atoms. The van der Waals surface area contributed by atoms with Crippen LogP contribution in [0.1, 0.15) is 23.0 Å². The molecule has 0 saturated carbocycles. The molecular formula is C20H21N3O4. The molecule has 0 saturated heterocycles. The summed E-state index contributed by atoms with van der Waals surface area (Å²) >= 11 is 0. The number of nitro groups is 1. The molecule has 1 aromatic heterocycles. The molecule has 0 amide bonds. The van der Waals surface area contributed by atoms with E-state index < -0.39 is 10.9 Å². The summed E-state index contributed by atoms with van der Waals surface area (Å²) in [6.45, 7) is 3.93. The van der Waals surface area contributed by atoms with Gasteiger partial charge in [0.05, 0.1) is 11.5 Å². The fourth-order valence-electron chi connectivity index (χ4n) is 3.01. The van der Waals surface area contributed by atoms with Gasteiger partial charge in [0.1, 0.15) is 5.69 Å². The van der Waals surface area contributed by atoms with E-state index in [0.717, 1.165) is 12.1 Å². The van der Waals surface area contributed by atoms with Gasteiger partial charge in [-0.15, -0.1) is 0 Å². The van der Waals surface area contributed by atoms with Crippen LogP contribution in [0.25, 0.3) is 10.9 Å². The van der Waals surface area contributed by atoms with Gasteiger partial charge in [0.2, 0.25) is 0 Å². The molecule has 0 aliphatic carbocycles. The zero-order chi connectivity index (χ0) is 19.2. The molecule has 0 atom stereocenters. The highest BCUT2D eigenvalue weighted by Gasteiger charge is 2.18. The molecular weight excluding hydrogens is 346 g/mol. The normalized spacial score (nSPS) is 10.9. The maximum atomic E-state index is 12.3. The highest BCUT2D eigenvalue weighted by atomic mass is 16.6. The number of nitro benzene ring substituents is 1. The summed E-state index contributed by atoms with van der Waals surface area (Å²) in [6.07, 6.45) is 0. The lowest BCUT2D eigenvalue weighted by Crippen LogP contribution is -2.22. The van der Waals surface area contributed by atoms with E-state index in [2.05, 4.69) is 5.32 Å². The van der Waals surface area contributed by atoms with E-state index in [9.17, 15) is 14.9 Å². The zero-order valence-corrected chi connectivity index (χ0v) is 15.1. The third kappa shape index (κ3) is 4.32. The summed E-state index contributed by atoms with van der Waals surface area (Å²) in [7, 11) is 0. The number of rotatable bonds is 8. The topological polar surface area (TPSA) is 86.4 Å². The number of carbonyl (C=O) groups is 1. The molecule has 0 spiro atoms. The minimum absolute atomic E-state index is 0.00254. The third-order valence-corrected chi connectivity index (χ3v) is 4.26. The van der Waals surface area contributed by atoms with Crippen LogP contribution in [-0.4, -0.2) is 28.6 Å². The molecule has 0 radical (unpaired) electrons. The van der Waals surface area contributed by atoms with Crippen molar-refractivity contribution in [3.05, 3.63) is 76.0 Å². The molecule has 3 aromatic rings. The number of nitrogens with one attached hydrogen (secondary N) is 1. The maximum absolute atomic E-state index is 12.3. The fraction of sp³-hybridized carbons (Fsp3) is 0.250. The highest BCUT2D eigenvalue weighted by Crippen LogP contribution is 2.25. The molecule has 0 bridgehead atoms. The van der Waals surface area contributed by atoms with Gasteiger partial charge in [0.15, 0.2) is 0 Å². The van der Waals surface area contributed by atoms with E-state index in [4.69, 9.17) is 4.74 Å². The Balaban J connectivity index is 1.81. The van der Waals surface area contributed by atoms with Crippen LogP contribution in [0.15, 0.2) is 54.6 Å². The Hall–Kier alpha value is -3.19. The lowest BCUT2D eigenvalue weighted by atomic mass is 10.2. The first-order valence-corrected chi connectivity index (χ1v) is 8.79. The van der Waals surface area contributed by atoms with Crippen LogP contribution in [0, 0.1) is 10.1 Å². The van der Waals surface area contributed by atoms with Crippen LogP contribution in [0.5, 0.6) is 0 Å². The van der Waals surface area contributed by atoms with Gasteiger partial charge in [-0.05, 0) is 24.6 Å². The second-order valence-electron chi connectivity index (χ2n) is 6.06. The molecule has 140 valence electrons. The van der Waals surface area contributed by atoms with E-state index >= 15 is 0 Å². The Morgan fingerprint density at radius 2 is 1.96 bits per heavy atom. The lowest BCUT2D eigenvalue weighted by Gasteiger charge is -2.11. The number of fused-ring (bicyclic) bond motifs is 1. The standard InChI is InChI=1S/C20H21N3O4/c1-2-27-20(24)19-13-16-12-17(23(25)26)8-9-18(16)22(19)11-10-21-14-15-6-4-3-5-7-15/h3-9,12-13,21H,2,10-11,14H2,1H3. The molecule has 0 fully saturated rings. The van der Waals surface area contributed by atoms with E-state index in [-0.39, 0.29) is 12.3 Å². The predicted octanol–water partition coefficient (Wildman–Crippen LogP) is 3.52. The van der Waals surface area contributed by atoms with Crippen molar-refractivity contribution in [3.63, 3.8) is 0 Å². The minimum Gasteiger partial charge on any atom is -0.461 e. The van der Waals surface area contributed by atoms with E-state index in [1.165, 1.54) is 17.7 Å². The molecule has 0 aliphatic heterocycles. The van der Waals surface area contributed by atoms with Crippen LogP contribution < -0.4 is 5.32 Å². The number of carbonyl (C=O) groups excluding carboxylic acids is 1. The summed E-state index contributed by atoms with van der Waals surface area (Å²) in [4.78, 5) is 22.9. The summed E-state index contributed by atoms with van der Waals surface area (Å²) in [5.74, 6) is -0.431. The Labute approximate surface area is 156 Å². The van der Waals surface area contributed by atoms with Crippen LogP contribution in [0.3, 0.4) is 0 Å². The van der Waals surface area contributed by atoms with Gasteiger partial charge in [-0.1, -0.05) is 30.3 Å². The van der Waals surface area contributed by atoms with Crippen molar-refractivity contribution >= 4 is 22.6 Å². The molecule has 2 aromatic carbocycles. The number of benzene rings is 2. The average Bonchev–Trinajstić information content (AvgIpc) is 3.04. The second-order valence-corrected chi connectivity index (χ2v) is 6.06. The van der Waals surface area contributed by atoms with Crippen molar-refractivity contribution < 1.29 is 14.5 Å². The first-order valence-electron chi connectivity index (χ1n) is 8.79. The number of hydrogen-bond acceptors (Lipinski definition) is 5. The van der Waals surface area contributed by atoms with Gasteiger partial charge < -0.3 is 14.6 Å².